The lowest BCUT2D eigenvalue weighted by molar-refractivity contribution is -0.0234. The van der Waals surface area contributed by atoms with E-state index in [0.29, 0.717) is 30.0 Å². The molecule has 2 bridgehead atoms. The van der Waals surface area contributed by atoms with Crippen LogP contribution in [0.3, 0.4) is 0 Å². The smallest absolute Gasteiger partial charge is 0.248 e. The van der Waals surface area contributed by atoms with E-state index in [4.69, 9.17) is 10.5 Å². The van der Waals surface area contributed by atoms with Crippen molar-refractivity contribution in [2.75, 3.05) is 24.7 Å². The fourth-order valence-corrected chi connectivity index (χ4v) is 7.73. The third-order valence-electron chi connectivity index (χ3n) is 9.83. The Hall–Kier alpha value is -3.82. The van der Waals surface area contributed by atoms with Crippen LogP contribution in [0.1, 0.15) is 47.9 Å². The molecule has 0 amide bonds. The van der Waals surface area contributed by atoms with Crippen molar-refractivity contribution in [2.45, 2.75) is 69.6 Å². The molecule has 2 aromatic carbocycles. The number of rotatable bonds is 5. The first kappa shape index (κ1) is 24.9. The number of benzene rings is 2. The van der Waals surface area contributed by atoms with Crippen molar-refractivity contribution < 1.29 is 4.74 Å². The summed E-state index contributed by atoms with van der Waals surface area (Å²) in [5.41, 5.74) is 14.8. The summed E-state index contributed by atoms with van der Waals surface area (Å²) in [6.45, 7) is 1.20. The number of methoxy groups -OCH3 is 1. The predicted octanol–water partition coefficient (Wildman–Crippen LogP) is 4.51. The average molecular weight is 549 g/mol. The molecular weight excluding hydrogens is 512 g/mol. The first-order valence-corrected chi connectivity index (χ1v) is 15.0. The molecule has 41 heavy (non-hydrogen) atoms. The van der Waals surface area contributed by atoms with E-state index < -0.39 is 0 Å². The van der Waals surface area contributed by atoms with E-state index in [0.717, 1.165) is 55.0 Å². The summed E-state index contributed by atoms with van der Waals surface area (Å²) in [6, 6.07) is 18.4. The number of nitrogens with two attached hydrogens (primary N) is 1. The molecule has 3 aliphatic carbocycles. The van der Waals surface area contributed by atoms with Gasteiger partial charge in [-0.1, -0.05) is 30.3 Å². The standard InChI is InChI=1S/C32H36N8O/c1-41-30-23-16-27(30)39(18-23)25-13-10-19-9-12-24(15-21(19)11-14-25)34-32-35-31(33)40(38-32)28-17-22-7-4-6-20-5-2-3-8-26(20)29(22)37-36-28/h2-3,5,8-9,12,15,17,23,25,27,30H,4,6-7,10-11,13-14,16,18H2,1H3,(H3,33,34,35,38)/t23?,25-,27?,30+/m0/s1. The molecule has 9 rings (SSSR count). The number of nitrogen functional groups attached to an aromatic ring is 1. The molecule has 4 aromatic rings. The summed E-state index contributed by atoms with van der Waals surface area (Å²) in [5, 5.41) is 17.2. The number of fused-ring (bicyclic) bond motifs is 5. The lowest BCUT2D eigenvalue weighted by Gasteiger charge is -2.38. The van der Waals surface area contributed by atoms with Crippen LogP contribution in [-0.2, 0) is 30.4 Å². The van der Waals surface area contributed by atoms with E-state index in [2.05, 4.69) is 79.0 Å². The summed E-state index contributed by atoms with van der Waals surface area (Å²) in [7, 11) is 1.87. The number of aromatic nitrogens is 5. The summed E-state index contributed by atoms with van der Waals surface area (Å²) in [6.07, 6.45) is 9.41. The molecule has 1 saturated carbocycles. The molecule has 5 aliphatic rings. The van der Waals surface area contributed by atoms with E-state index in [9.17, 15) is 0 Å². The molecule has 0 spiro atoms. The lowest BCUT2D eigenvalue weighted by Crippen LogP contribution is -2.47. The van der Waals surface area contributed by atoms with Crippen LogP contribution in [0.4, 0.5) is 17.6 Å². The number of hydrogen-bond donors (Lipinski definition) is 2. The van der Waals surface area contributed by atoms with E-state index in [1.807, 2.05) is 7.11 Å². The summed E-state index contributed by atoms with van der Waals surface area (Å²) >= 11 is 0. The van der Waals surface area contributed by atoms with Gasteiger partial charge in [0.2, 0.25) is 11.9 Å². The lowest BCUT2D eigenvalue weighted by atomic mass is 9.82. The highest BCUT2D eigenvalue weighted by molar-refractivity contribution is 5.68. The third-order valence-corrected chi connectivity index (χ3v) is 9.83. The second-order valence-electron chi connectivity index (χ2n) is 12.1. The topological polar surface area (TPSA) is 107 Å². The Morgan fingerprint density at radius 2 is 1.78 bits per heavy atom. The quantitative estimate of drug-likeness (QED) is 0.351. The maximum absolute atomic E-state index is 6.32. The molecule has 4 atom stereocenters. The van der Waals surface area contributed by atoms with Crippen molar-refractivity contribution in [1.29, 1.82) is 0 Å². The number of nitrogens with one attached hydrogen (secondary N) is 1. The van der Waals surface area contributed by atoms with Gasteiger partial charge in [-0.3, -0.25) is 4.90 Å². The summed E-state index contributed by atoms with van der Waals surface area (Å²) < 4.78 is 7.34. The molecule has 4 heterocycles. The van der Waals surface area contributed by atoms with E-state index in [-0.39, 0.29) is 5.95 Å². The van der Waals surface area contributed by atoms with E-state index >= 15 is 0 Å². The van der Waals surface area contributed by atoms with Crippen molar-refractivity contribution in [2.24, 2.45) is 5.92 Å². The second-order valence-corrected chi connectivity index (χ2v) is 12.1. The molecule has 2 aliphatic heterocycles. The van der Waals surface area contributed by atoms with Gasteiger partial charge in [0.1, 0.15) is 0 Å². The highest BCUT2D eigenvalue weighted by atomic mass is 16.5. The van der Waals surface area contributed by atoms with Gasteiger partial charge in [-0.2, -0.15) is 9.67 Å². The zero-order chi connectivity index (χ0) is 27.5. The molecule has 9 nitrogen and oxygen atoms in total. The van der Waals surface area contributed by atoms with Crippen molar-refractivity contribution in [3.05, 3.63) is 70.8 Å². The first-order valence-electron chi connectivity index (χ1n) is 15.0. The minimum Gasteiger partial charge on any atom is -0.379 e. The number of aryl methyl sites for hydroxylation is 4. The van der Waals surface area contributed by atoms with E-state index in [1.54, 1.807) is 4.68 Å². The maximum Gasteiger partial charge on any atom is 0.248 e. The number of anilines is 3. The molecule has 2 unspecified atom stereocenters. The first-order chi connectivity index (χ1) is 20.1. The van der Waals surface area contributed by atoms with Gasteiger partial charge in [0.05, 0.1) is 11.8 Å². The van der Waals surface area contributed by atoms with Gasteiger partial charge in [-0.25, -0.2) is 0 Å². The second kappa shape index (κ2) is 9.92. The van der Waals surface area contributed by atoms with Crippen molar-refractivity contribution in [3.8, 4) is 17.1 Å². The van der Waals surface area contributed by atoms with Crippen LogP contribution in [0, 0.1) is 5.92 Å². The Morgan fingerprint density at radius 3 is 2.66 bits per heavy atom. The summed E-state index contributed by atoms with van der Waals surface area (Å²) in [5.74, 6) is 2.06. The molecule has 9 heteroatoms. The normalized spacial score (nSPS) is 24.9. The Morgan fingerprint density at radius 1 is 0.927 bits per heavy atom. The van der Waals surface area contributed by atoms with Crippen molar-refractivity contribution in [3.63, 3.8) is 0 Å². The van der Waals surface area contributed by atoms with Crippen LogP contribution in [0.15, 0.2) is 48.5 Å². The maximum atomic E-state index is 6.32. The van der Waals surface area contributed by atoms with Crippen molar-refractivity contribution >= 4 is 17.6 Å². The monoisotopic (exact) mass is 548 g/mol. The van der Waals surface area contributed by atoms with Crippen LogP contribution >= 0.6 is 0 Å². The van der Waals surface area contributed by atoms with Gasteiger partial charge in [-0.15, -0.1) is 15.3 Å². The Labute approximate surface area is 240 Å². The molecule has 0 radical (unpaired) electrons. The zero-order valence-corrected chi connectivity index (χ0v) is 23.5. The van der Waals surface area contributed by atoms with E-state index in [1.165, 1.54) is 48.1 Å². The molecule has 3 fully saturated rings. The van der Waals surface area contributed by atoms with Crippen molar-refractivity contribution in [1.82, 2.24) is 29.9 Å². The van der Waals surface area contributed by atoms with Crippen LogP contribution < -0.4 is 11.1 Å². The Kier molecular flexibility index (Phi) is 6.03. The van der Waals surface area contributed by atoms with Crippen LogP contribution in [0.2, 0.25) is 0 Å². The van der Waals surface area contributed by atoms with Gasteiger partial charge >= 0.3 is 0 Å². The summed E-state index contributed by atoms with van der Waals surface area (Å²) in [4.78, 5) is 7.25. The Balaban J connectivity index is 0.991. The van der Waals surface area contributed by atoms with Gasteiger partial charge < -0.3 is 15.8 Å². The number of hydrogen-bond acceptors (Lipinski definition) is 8. The Bertz CT molecular complexity index is 1620. The highest BCUT2D eigenvalue weighted by Gasteiger charge is 2.53. The van der Waals surface area contributed by atoms with Gasteiger partial charge in [0.25, 0.3) is 0 Å². The average Bonchev–Trinajstić information content (AvgIpc) is 3.59. The highest BCUT2D eigenvalue weighted by Crippen LogP contribution is 2.45. The van der Waals surface area contributed by atoms with Crippen LogP contribution in [0.25, 0.3) is 17.1 Å². The van der Waals surface area contributed by atoms with Gasteiger partial charge in [0, 0.05) is 42.9 Å². The third kappa shape index (κ3) is 4.30. The SMILES string of the molecule is CO[C@@H]1C2CC1N([C@H]1CCc3ccc(Nc4nc(N)n(-c5cc6c(nn5)-c5ccccc5CCC6)n4)cc3CC1)C2. The largest absolute Gasteiger partial charge is 0.379 e. The minimum absolute atomic E-state index is 0.284. The number of ether oxygens (including phenoxy) is 1. The molecule has 2 saturated heterocycles. The minimum atomic E-state index is 0.284. The molecule has 3 N–H and O–H groups in total. The van der Waals surface area contributed by atoms with Gasteiger partial charge in [0.15, 0.2) is 5.82 Å². The van der Waals surface area contributed by atoms with Crippen LogP contribution in [0.5, 0.6) is 0 Å². The van der Waals surface area contributed by atoms with Gasteiger partial charge in [-0.05, 0) is 91.8 Å². The van der Waals surface area contributed by atoms with Crippen LogP contribution in [-0.4, -0.2) is 61.7 Å². The molecular formula is C32H36N8O. The fraction of sp³-hybridized carbons (Fsp3) is 0.438. The zero-order valence-electron chi connectivity index (χ0n) is 23.5. The number of nitrogens with zero attached hydrogens (tertiary/aromatic N) is 6. The molecule has 2 aromatic heterocycles. The molecule has 210 valence electrons. The predicted molar refractivity (Wildman–Crippen MR) is 158 cm³/mol. The fourth-order valence-electron chi connectivity index (χ4n) is 7.73.